The van der Waals surface area contributed by atoms with Crippen LogP contribution in [0.5, 0.6) is 0 Å². The molecule has 2 rings (SSSR count). The molecule has 102 valence electrons. The van der Waals surface area contributed by atoms with Crippen LogP contribution >= 0.6 is 0 Å². The highest BCUT2D eigenvalue weighted by Crippen LogP contribution is 2.19. The van der Waals surface area contributed by atoms with Gasteiger partial charge >= 0.3 is 0 Å². The van der Waals surface area contributed by atoms with Gasteiger partial charge in [0.15, 0.2) is 9.84 Å². The summed E-state index contributed by atoms with van der Waals surface area (Å²) >= 11 is 0. The minimum Gasteiger partial charge on any atom is -0.228 e. The molecular formula is C16H15NO2S. The van der Waals surface area contributed by atoms with Crippen molar-refractivity contribution in [1.82, 2.24) is 0 Å². The molecule has 0 saturated carbocycles. The molecule has 0 saturated heterocycles. The fourth-order valence-electron chi connectivity index (χ4n) is 2.03. The second-order valence-corrected chi connectivity index (χ2v) is 6.74. The van der Waals surface area contributed by atoms with E-state index in [0.29, 0.717) is 0 Å². The van der Waals surface area contributed by atoms with Crippen LogP contribution in [-0.2, 0) is 15.6 Å². The van der Waals surface area contributed by atoms with Crippen LogP contribution in [0.25, 0.3) is 0 Å². The van der Waals surface area contributed by atoms with Crippen molar-refractivity contribution < 1.29 is 8.42 Å². The van der Waals surface area contributed by atoms with Crippen molar-refractivity contribution in [1.29, 1.82) is 5.26 Å². The van der Waals surface area contributed by atoms with Crippen LogP contribution in [0.4, 0.5) is 0 Å². The van der Waals surface area contributed by atoms with E-state index in [1.165, 1.54) is 0 Å². The summed E-state index contributed by atoms with van der Waals surface area (Å²) in [5.74, 6) is -0.800. The summed E-state index contributed by atoms with van der Waals surface area (Å²) < 4.78 is 24.4. The lowest BCUT2D eigenvalue weighted by Crippen LogP contribution is -2.15. The molecule has 0 bridgehead atoms. The van der Waals surface area contributed by atoms with Gasteiger partial charge in [-0.1, -0.05) is 60.7 Å². The molecule has 0 heterocycles. The van der Waals surface area contributed by atoms with E-state index in [4.69, 9.17) is 0 Å². The Morgan fingerprint density at radius 3 is 2.05 bits per heavy atom. The summed E-state index contributed by atoms with van der Waals surface area (Å²) in [5, 5.41) is 9.19. The molecule has 0 radical (unpaired) electrons. The molecule has 1 unspecified atom stereocenters. The maximum atomic E-state index is 12.2. The highest BCUT2D eigenvalue weighted by molar-refractivity contribution is 7.90. The molecule has 2 aromatic carbocycles. The van der Waals surface area contributed by atoms with Gasteiger partial charge in [-0.15, -0.1) is 0 Å². The minimum atomic E-state index is -3.32. The van der Waals surface area contributed by atoms with E-state index in [-0.39, 0.29) is 11.5 Å². The van der Waals surface area contributed by atoms with Gasteiger partial charge < -0.3 is 0 Å². The monoisotopic (exact) mass is 285 g/mol. The molecule has 0 N–H and O–H groups in total. The van der Waals surface area contributed by atoms with Crippen LogP contribution in [-0.4, -0.2) is 14.2 Å². The van der Waals surface area contributed by atoms with Crippen molar-refractivity contribution in [2.75, 3.05) is 5.75 Å². The van der Waals surface area contributed by atoms with Crippen LogP contribution in [0.1, 0.15) is 17.0 Å². The summed E-state index contributed by atoms with van der Waals surface area (Å²) in [4.78, 5) is 0. The summed E-state index contributed by atoms with van der Waals surface area (Å²) in [5.41, 5.74) is 1.49. The number of hydrogen-bond acceptors (Lipinski definition) is 3. The summed E-state index contributed by atoms with van der Waals surface area (Å²) in [6.45, 7) is 0. The van der Waals surface area contributed by atoms with Gasteiger partial charge in [-0.05, 0) is 11.1 Å². The molecular weight excluding hydrogens is 270 g/mol. The number of nitrogens with zero attached hydrogens (tertiary/aromatic N) is 1. The van der Waals surface area contributed by atoms with Crippen molar-refractivity contribution in [3.63, 3.8) is 0 Å². The fourth-order valence-corrected chi connectivity index (χ4v) is 3.63. The molecule has 0 aromatic heterocycles. The van der Waals surface area contributed by atoms with E-state index in [0.717, 1.165) is 11.1 Å². The van der Waals surface area contributed by atoms with Crippen molar-refractivity contribution in [2.24, 2.45) is 0 Å². The van der Waals surface area contributed by atoms with Gasteiger partial charge in [0.25, 0.3) is 0 Å². The second-order valence-electron chi connectivity index (χ2n) is 4.63. The minimum absolute atomic E-state index is 0.0289. The van der Waals surface area contributed by atoms with Crippen LogP contribution < -0.4 is 0 Å². The third-order valence-corrected chi connectivity index (χ3v) is 4.62. The van der Waals surface area contributed by atoms with Gasteiger partial charge in [0.2, 0.25) is 0 Å². The topological polar surface area (TPSA) is 57.9 Å². The van der Waals surface area contributed by atoms with Crippen molar-refractivity contribution in [3.05, 3.63) is 71.8 Å². The quantitative estimate of drug-likeness (QED) is 0.848. The Morgan fingerprint density at radius 2 is 1.50 bits per heavy atom. The Hall–Kier alpha value is -2.12. The Kier molecular flexibility index (Phi) is 4.54. The highest BCUT2D eigenvalue weighted by Gasteiger charge is 2.20. The fraction of sp³-hybridized carbons (Fsp3) is 0.188. The average molecular weight is 285 g/mol. The third-order valence-electron chi connectivity index (χ3n) is 3.01. The van der Waals surface area contributed by atoms with Crippen molar-refractivity contribution in [2.45, 2.75) is 11.7 Å². The molecule has 1 atom stereocenters. The molecule has 4 heteroatoms. The lowest BCUT2D eigenvalue weighted by molar-refractivity contribution is 0.592. The Labute approximate surface area is 119 Å². The SMILES string of the molecule is N#CC(CS(=O)(=O)Cc1ccccc1)c1ccccc1. The van der Waals surface area contributed by atoms with Gasteiger partial charge in [0.05, 0.1) is 23.5 Å². The van der Waals surface area contributed by atoms with Gasteiger partial charge in [-0.3, -0.25) is 0 Å². The zero-order valence-electron chi connectivity index (χ0n) is 10.9. The zero-order valence-corrected chi connectivity index (χ0v) is 11.8. The number of nitriles is 1. The van der Waals surface area contributed by atoms with Crippen molar-refractivity contribution in [3.8, 4) is 6.07 Å². The summed E-state index contributed by atoms with van der Waals surface area (Å²) in [7, 11) is -3.32. The third kappa shape index (κ3) is 3.94. The van der Waals surface area contributed by atoms with Crippen LogP contribution in [0.15, 0.2) is 60.7 Å². The molecule has 20 heavy (non-hydrogen) atoms. The summed E-state index contributed by atoms with van der Waals surface area (Å²) in [6, 6.07) is 20.1. The van der Waals surface area contributed by atoms with Gasteiger partial charge in [0.1, 0.15) is 0 Å². The van der Waals surface area contributed by atoms with E-state index in [2.05, 4.69) is 6.07 Å². The van der Waals surface area contributed by atoms with E-state index >= 15 is 0 Å². The maximum Gasteiger partial charge on any atom is 0.156 e. The average Bonchev–Trinajstić information content (AvgIpc) is 2.46. The Balaban J connectivity index is 2.13. The molecule has 0 fully saturated rings. The molecule has 0 aliphatic carbocycles. The number of benzene rings is 2. The number of hydrogen-bond donors (Lipinski definition) is 0. The molecule has 0 amide bonds. The lowest BCUT2D eigenvalue weighted by Gasteiger charge is -2.10. The summed E-state index contributed by atoms with van der Waals surface area (Å²) in [6.07, 6.45) is 0. The first-order valence-corrected chi connectivity index (χ1v) is 8.12. The second kappa shape index (κ2) is 6.36. The maximum absolute atomic E-state index is 12.2. The predicted octanol–water partition coefficient (Wildman–Crippen LogP) is 2.91. The van der Waals surface area contributed by atoms with Gasteiger partial charge in [0, 0.05) is 0 Å². The first kappa shape index (κ1) is 14.3. The Morgan fingerprint density at radius 1 is 0.950 bits per heavy atom. The molecule has 0 aliphatic rings. The van der Waals surface area contributed by atoms with Crippen LogP contribution in [0.2, 0.25) is 0 Å². The van der Waals surface area contributed by atoms with Gasteiger partial charge in [-0.2, -0.15) is 5.26 Å². The lowest BCUT2D eigenvalue weighted by atomic mass is 10.0. The van der Waals surface area contributed by atoms with Gasteiger partial charge in [-0.25, -0.2) is 8.42 Å². The van der Waals surface area contributed by atoms with Crippen LogP contribution in [0.3, 0.4) is 0 Å². The highest BCUT2D eigenvalue weighted by atomic mass is 32.2. The first-order chi connectivity index (χ1) is 9.61. The molecule has 2 aromatic rings. The van der Waals surface area contributed by atoms with E-state index < -0.39 is 15.8 Å². The smallest absolute Gasteiger partial charge is 0.156 e. The predicted molar refractivity (Wildman–Crippen MR) is 78.7 cm³/mol. The zero-order chi connectivity index (χ0) is 14.4. The number of sulfone groups is 1. The van der Waals surface area contributed by atoms with E-state index in [9.17, 15) is 13.7 Å². The van der Waals surface area contributed by atoms with E-state index in [1.54, 1.807) is 24.3 Å². The van der Waals surface area contributed by atoms with Crippen molar-refractivity contribution >= 4 is 9.84 Å². The molecule has 0 spiro atoms. The largest absolute Gasteiger partial charge is 0.228 e. The Bertz CT molecular complexity index is 688. The van der Waals surface area contributed by atoms with E-state index in [1.807, 2.05) is 36.4 Å². The molecule has 0 aliphatic heterocycles. The first-order valence-electron chi connectivity index (χ1n) is 6.29. The standard InChI is InChI=1S/C16H15NO2S/c17-11-16(15-9-5-2-6-10-15)13-20(18,19)12-14-7-3-1-4-8-14/h1-10,16H,12-13H2. The number of rotatable bonds is 5. The normalized spacial score (nSPS) is 12.6. The molecule has 3 nitrogen and oxygen atoms in total. The van der Waals surface area contributed by atoms with Crippen LogP contribution in [0, 0.1) is 11.3 Å².